The predicted octanol–water partition coefficient (Wildman–Crippen LogP) is 5.16. The Morgan fingerprint density at radius 3 is 2.21 bits per heavy atom. The van der Waals surface area contributed by atoms with Crippen LogP contribution in [0.2, 0.25) is 10.0 Å². The summed E-state index contributed by atoms with van der Waals surface area (Å²) in [7, 11) is -3.60. The molecule has 2 rings (SSSR count). The normalized spacial score (nSPS) is 12.4. The van der Waals surface area contributed by atoms with Crippen LogP contribution in [0.1, 0.15) is 38.3 Å². The lowest BCUT2D eigenvalue weighted by molar-refractivity contribution is 0.505. The van der Waals surface area contributed by atoms with Crippen molar-refractivity contribution in [2.24, 2.45) is 0 Å². The molecule has 0 aliphatic carbocycles. The number of sulfonamides is 1. The Morgan fingerprint density at radius 2 is 1.67 bits per heavy atom. The number of benzene rings is 2. The van der Waals surface area contributed by atoms with Gasteiger partial charge in [0, 0.05) is 16.6 Å². The van der Waals surface area contributed by atoms with Gasteiger partial charge in [-0.2, -0.15) is 0 Å². The molecular formula is C18H21Cl2NO2S. The lowest BCUT2D eigenvalue weighted by atomic mass is 9.82. The smallest absolute Gasteiger partial charge is 0.207 e. The van der Waals surface area contributed by atoms with Gasteiger partial charge in [-0.3, -0.25) is 0 Å². The second kappa shape index (κ2) is 7.44. The van der Waals surface area contributed by atoms with Crippen LogP contribution in [0.3, 0.4) is 0 Å². The van der Waals surface area contributed by atoms with Gasteiger partial charge < -0.3 is 0 Å². The van der Waals surface area contributed by atoms with Crippen LogP contribution < -0.4 is 4.72 Å². The van der Waals surface area contributed by atoms with E-state index in [1.807, 2.05) is 12.1 Å². The molecule has 0 fully saturated rings. The van der Waals surface area contributed by atoms with E-state index in [0.717, 1.165) is 12.0 Å². The van der Waals surface area contributed by atoms with Gasteiger partial charge in [0.1, 0.15) is 0 Å². The van der Waals surface area contributed by atoms with Gasteiger partial charge in [0.05, 0.1) is 4.90 Å². The fourth-order valence-corrected chi connectivity index (χ4v) is 3.69. The maximum Gasteiger partial charge on any atom is 0.240 e. The van der Waals surface area contributed by atoms with Crippen LogP contribution in [0.25, 0.3) is 0 Å². The Morgan fingerprint density at radius 1 is 1.04 bits per heavy atom. The molecule has 0 radical (unpaired) electrons. The van der Waals surface area contributed by atoms with E-state index in [4.69, 9.17) is 23.2 Å². The standard InChI is InChI=1S/C18H21Cl2NO2S/c1-4-18(2,3)14-6-9-16(10-7-14)24(22,23)21-12-13-5-8-15(19)11-17(13)20/h5-11,21H,4,12H2,1-3H3. The first-order valence-electron chi connectivity index (χ1n) is 7.70. The highest BCUT2D eigenvalue weighted by molar-refractivity contribution is 7.89. The van der Waals surface area contributed by atoms with E-state index in [-0.39, 0.29) is 16.9 Å². The van der Waals surface area contributed by atoms with E-state index in [1.165, 1.54) is 0 Å². The molecular weight excluding hydrogens is 365 g/mol. The SMILES string of the molecule is CCC(C)(C)c1ccc(S(=O)(=O)NCc2ccc(Cl)cc2Cl)cc1. The summed E-state index contributed by atoms with van der Waals surface area (Å²) in [5, 5.41) is 0.950. The highest BCUT2D eigenvalue weighted by Crippen LogP contribution is 2.27. The van der Waals surface area contributed by atoms with Crippen molar-refractivity contribution < 1.29 is 8.42 Å². The average molecular weight is 386 g/mol. The third-order valence-corrected chi connectivity index (χ3v) is 6.30. The molecule has 0 amide bonds. The Balaban J connectivity index is 2.15. The highest BCUT2D eigenvalue weighted by atomic mass is 35.5. The fourth-order valence-electron chi connectivity index (χ4n) is 2.21. The number of hydrogen-bond donors (Lipinski definition) is 1. The molecule has 0 atom stereocenters. The first-order chi connectivity index (χ1) is 11.2. The minimum atomic E-state index is -3.60. The number of halogens is 2. The molecule has 0 saturated carbocycles. The van der Waals surface area contributed by atoms with Crippen molar-refractivity contribution in [2.75, 3.05) is 0 Å². The highest BCUT2D eigenvalue weighted by Gasteiger charge is 2.20. The van der Waals surface area contributed by atoms with E-state index in [2.05, 4.69) is 25.5 Å². The van der Waals surface area contributed by atoms with Gasteiger partial charge >= 0.3 is 0 Å². The maximum atomic E-state index is 12.4. The van der Waals surface area contributed by atoms with Crippen molar-refractivity contribution in [1.29, 1.82) is 0 Å². The molecule has 1 N–H and O–H groups in total. The Bertz CT molecular complexity index is 815. The predicted molar refractivity (Wildman–Crippen MR) is 100 cm³/mol. The molecule has 130 valence electrons. The molecule has 0 spiro atoms. The zero-order valence-electron chi connectivity index (χ0n) is 13.9. The molecule has 0 aliphatic rings. The van der Waals surface area contributed by atoms with E-state index in [0.29, 0.717) is 15.6 Å². The van der Waals surface area contributed by atoms with Gasteiger partial charge in [-0.25, -0.2) is 13.1 Å². The molecule has 3 nitrogen and oxygen atoms in total. The zero-order chi connectivity index (χ0) is 18.0. The largest absolute Gasteiger partial charge is 0.240 e. The van der Waals surface area contributed by atoms with Gasteiger partial charge in [-0.05, 0) is 47.2 Å². The summed E-state index contributed by atoms with van der Waals surface area (Å²) < 4.78 is 27.4. The van der Waals surface area contributed by atoms with E-state index < -0.39 is 10.0 Å². The summed E-state index contributed by atoms with van der Waals surface area (Å²) in [6.07, 6.45) is 0.979. The Hall–Kier alpha value is -1.07. The van der Waals surface area contributed by atoms with E-state index >= 15 is 0 Å². The van der Waals surface area contributed by atoms with E-state index in [9.17, 15) is 8.42 Å². The maximum absolute atomic E-state index is 12.4. The van der Waals surface area contributed by atoms with Gasteiger partial charge in [0.25, 0.3) is 0 Å². The molecule has 0 unspecified atom stereocenters. The topological polar surface area (TPSA) is 46.2 Å². The van der Waals surface area contributed by atoms with E-state index in [1.54, 1.807) is 30.3 Å². The lowest BCUT2D eigenvalue weighted by Crippen LogP contribution is -2.23. The zero-order valence-corrected chi connectivity index (χ0v) is 16.3. The summed E-state index contributed by atoms with van der Waals surface area (Å²) in [6.45, 7) is 6.50. The minimum Gasteiger partial charge on any atom is -0.207 e. The summed E-state index contributed by atoms with van der Waals surface area (Å²) in [5.74, 6) is 0. The fraction of sp³-hybridized carbons (Fsp3) is 0.333. The van der Waals surface area contributed by atoms with Crippen molar-refractivity contribution in [3.8, 4) is 0 Å². The van der Waals surface area contributed by atoms with Crippen molar-refractivity contribution in [2.45, 2.75) is 44.0 Å². The van der Waals surface area contributed by atoms with Crippen LogP contribution in [0.4, 0.5) is 0 Å². The average Bonchev–Trinajstić information content (AvgIpc) is 2.54. The van der Waals surface area contributed by atoms with Crippen LogP contribution in [0.15, 0.2) is 47.4 Å². The summed E-state index contributed by atoms with van der Waals surface area (Å²) >= 11 is 11.9. The Kier molecular flexibility index (Phi) is 5.97. The first-order valence-corrected chi connectivity index (χ1v) is 9.94. The second-order valence-corrected chi connectivity index (χ2v) is 8.93. The lowest BCUT2D eigenvalue weighted by Gasteiger charge is -2.23. The van der Waals surface area contributed by atoms with Crippen LogP contribution in [0, 0.1) is 0 Å². The van der Waals surface area contributed by atoms with Crippen LogP contribution in [0.5, 0.6) is 0 Å². The van der Waals surface area contributed by atoms with Crippen molar-refractivity contribution in [3.63, 3.8) is 0 Å². The molecule has 2 aromatic rings. The van der Waals surface area contributed by atoms with Gasteiger partial charge in [0.15, 0.2) is 0 Å². The molecule has 0 aromatic heterocycles. The number of hydrogen-bond acceptors (Lipinski definition) is 2. The molecule has 0 bridgehead atoms. The molecule has 0 aliphatic heterocycles. The van der Waals surface area contributed by atoms with Gasteiger partial charge in [-0.15, -0.1) is 0 Å². The molecule has 0 saturated heterocycles. The minimum absolute atomic E-state index is 0.0204. The van der Waals surface area contributed by atoms with Gasteiger partial charge in [-0.1, -0.05) is 62.2 Å². The Labute approximate surface area is 154 Å². The van der Waals surface area contributed by atoms with Crippen LogP contribution in [-0.2, 0) is 22.0 Å². The quantitative estimate of drug-likeness (QED) is 0.746. The second-order valence-electron chi connectivity index (χ2n) is 6.32. The number of nitrogens with one attached hydrogen (secondary N) is 1. The molecule has 2 aromatic carbocycles. The third kappa shape index (κ3) is 4.51. The van der Waals surface area contributed by atoms with Crippen molar-refractivity contribution >= 4 is 33.2 Å². The first kappa shape index (κ1) is 19.3. The molecule has 0 heterocycles. The van der Waals surface area contributed by atoms with Crippen LogP contribution >= 0.6 is 23.2 Å². The summed E-state index contributed by atoms with van der Waals surface area (Å²) in [4.78, 5) is 0.239. The number of rotatable bonds is 6. The molecule has 24 heavy (non-hydrogen) atoms. The van der Waals surface area contributed by atoms with Crippen molar-refractivity contribution in [3.05, 3.63) is 63.6 Å². The monoisotopic (exact) mass is 385 g/mol. The summed E-state index contributed by atoms with van der Waals surface area (Å²) in [6, 6.07) is 12.0. The van der Waals surface area contributed by atoms with Crippen molar-refractivity contribution in [1.82, 2.24) is 4.72 Å². The van der Waals surface area contributed by atoms with Crippen LogP contribution in [-0.4, -0.2) is 8.42 Å². The third-order valence-electron chi connectivity index (χ3n) is 4.30. The summed E-state index contributed by atoms with van der Waals surface area (Å²) in [5.41, 5.74) is 1.81. The van der Waals surface area contributed by atoms with Gasteiger partial charge in [0.2, 0.25) is 10.0 Å². The molecule has 6 heteroatoms.